The SMILES string of the molecule is O=C(CSc1nnnn1Cc1cccs1)NCCc1c(F)cccc1F. The summed E-state index contributed by atoms with van der Waals surface area (Å²) in [5.74, 6) is -1.36. The van der Waals surface area contributed by atoms with Gasteiger partial charge in [0, 0.05) is 17.0 Å². The van der Waals surface area contributed by atoms with Gasteiger partial charge in [-0.3, -0.25) is 4.79 Å². The molecular weight excluding hydrogens is 380 g/mol. The van der Waals surface area contributed by atoms with Crippen LogP contribution in [-0.4, -0.2) is 38.4 Å². The Morgan fingerprint density at radius 3 is 2.77 bits per heavy atom. The van der Waals surface area contributed by atoms with Crippen LogP contribution < -0.4 is 5.32 Å². The number of carbonyl (C=O) groups excluding carboxylic acids is 1. The Morgan fingerprint density at radius 1 is 1.23 bits per heavy atom. The number of nitrogens with zero attached hydrogens (tertiary/aromatic N) is 4. The summed E-state index contributed by atoms with van der Waals surface area (Å²) in [6.45, 7) is 0.693. The second-order valence-corrected chi connectivity index (χ2v) is 7.26. The summed E-state index contributed by atoms with van der Waals surface area (Å²) in [4.78, 5) is 13.0. The lowest BCUT2D eigenvalue weighted by atomic mass is 10.1. The lowest BCUT2D eigenvalue weighted by Crippen LogP contribution is -2.27. The number of hydrogen-bond donors (Lipinski definition) is 1. The lowest BCUT2D eigenvalue weighted by Gasteiger charge is -2.07. The number of halogens is 2. The number of thiophene rings is 1. The molecular formula is C16H15F2N5OS2. The molecule has 0 bridgehead atoms. The second kappa shape index (κ2) is 8.86. The monoisotopic (exact) mass is 395 g/mol. The number of rotatable bonds is 8. The van der Waals surface area contributed by atoms with Crippen LogP contribution in [-0.2, 0) is 17.8 Å². The fourth-order valence-electron chi connectivity index (χ4n) is 2.23. The first-order chi connectivity index (χ1) is 12.6. The topological polar surface area (TPSA) is 72.7 Å². The molecule has 1 amide bonds. The average Bonchev–Trinajstić information content (AvgIpc) is 3.28. The van der Waals surface area contributed by atoms with Crippen LogP contribution in [0.25, 0.3) is 0 Å². The quantitative estimate of drug-likeness (QED) is 0.594. The average molecular weight is 395 g/mol. The number of hydrogen-bond acceptors (Lipinski definition) is 6. The number of benzene rings is 1. The van der Waals surface area contributed by atoms with E-state index in [1.54, 1.807) is 16.0 Å². The van der Waals surface area contributed by atoms with Gasteiger partial charge in [0.1, 0.15) is 11.6 Å². The summed E-state index contributed by atoms with van der Waals surface area (Å²) in [5.41, 5.74) is -0.0275. The number of carbonyl (C=O) groups is 1. The van der Waals surface area contributed by atoms with Crippen LogP contribution in [0.5, 0.6) is 0 Å². The minimum atomic E-state index is -0.610. The Bertz CT molecular complexity index is 849. The summed E-state index contributed by atoms with van der Waals surface area (Å²) in [6.07, 6.45) is 0.0883. The van der Waals surface area contributed by atoms with Crippen molar-refractivity contribution in [2.75, 3.05) is 12.3 Å². The van der Waals surface area contributed by atoms with Crippen LogP contribution in [0.3, 0.4) is 0 Å². The maximum absolute atomic E-state index is 13.5. The molecule has 26 heavy (non-hydrogen) atoms. The highest BCUT2D eigenvalue weighted by molar-refractivity contribution is 7.99. The van der Waals surface area contributed by atoms with Crippen LogP contribution in [0.15, 0.2) is 40.9 Å². The van der Waals surface area contributed by atoms with E-state index in [0.29, 0.717) is 11.7 Å². The van der Waals surface area contributed by atoms with Crippen LogP contribution >= 0.6 is 23.1 Å². The van der Waals surface area contributed by atoms with E-state index in [4.69, 9.17) is 0 Å². The molecule has 0 atom stereocenters. The van der Waals surface area contributed by atoms with Gasteiger partial charge < -0.3 is 5.32 Å². The normalized spacial score (nSPS) is 10.8. The van der Waals surface area contributed by atoms with Gasteiger partial charge in [-0.05, 0) is 40.4 Å². The molecule has 0 radical (unpaired) electrons. The van der Waals surface area contributed by atoms with E-state index in [-0.39, 0.29) is 30.2 Å². The molecule has 3 aromatic rings. The highest BCUT2D eigenvalue weighted by Crippen LogP contribution is 2.17. The van der Waals surface area contributed by atoms with Crippen molar-refractivity contribution in [1.29, 1.82) is 0 Å². The molecule has 136 valence electrons. The van der Waals surface area contributed by atoms with Gasteiger partial charge in [0.15, 0.2) is 0 Å². The summed E-state index contributed by atoms with van der Waals surface area (Å²) >= 11 is 2.81. The fraction of sp³-hybridized carbons (Fsp3) is 0.250. The third kappa shape index (κ3) is 4.85. The zero-order valence-electron chi connectivity index (χ0n) is 13.6. The third-order valence-corrected chi connectivity index (χ3v) is 5.29. The van der Waals surface area contributed by atoms with Gasteiger partial charge in [-0.1, -0.05) is 23.9 Å². The van der Waals surface area contributed by atoms with Crippen molar-refractivity contribution in [1.82, 2.24) is 25.5 Å². The molecule has 0 saturated heterocycles. The van der Waals surface area contributed by atoms with Crippen molar-refractivity contribution in [3.63, 3.8) is 0 Å². The zero-order chi connectivity index (χ0) is 18.4. The van der Waals surface area contributed by atoms with E-state index in [1.165, 1.54) is 30.0 Å². The Balaban J connectivity index is 1.45. The summed E-state index contributed by atoms with van der Waals surface area (Å²) in [7, 11) is 0. The molecule has 0 spiro atoms. The highest BCUT2D eigenvalue weighted by Gasteiger charge is 2.12. The molecule has 2 aromatic heterocycles. The molecule has 3 rings (SSSR count). The molecule has 1 aromatic carbocycles. The standard InChI is InChI=1S/C16H15F2N5OS2/c17-13-4-1-5-14(18)12(13)6-7-19-15(24)10-26-16-20-21-22-23(16)9-11-3-2-8-25-11/h1-5,8H,6-7,9-10H2,(H,19,24). The van der Waals surface area contributed by atoms with Crippen LogP contribution in [0.2, 0.25) is 0 Å². The molecule has 1 N–H and O–H groups in total. The minimum absolute atomic E-state index is 0.0275. The van der Waals surface area contributed by atoms with Crippen molar-refractivity contribution in [2.45, 2.75) is 18.1 Å². The predicted octanol–water partition coefficient (Wildman–Crippen LogP) is 2.51. The van der Waals surface area contributed by atoms with E-state index in [2.05, 4.69) is 20.8 Å². The van der Waals surface area contributed by atoms with Crippen molar-refractivity contribution in [2.24, 2.45) is 0 Å². The zero-order valence-corrected chi connectivity index (χ0v) is 15.2. The van der Waals surface area contributed by atoms with Crippen LogP contribution in [0.1, 0.15) is 10.4 Å². The first-order valence-corrected chi connectivity index (χ1v) is 9.61. The van der Waals surface area contributed by atoms with Crippen molar-refractivity contribution >= 4 is 29.0 Å². The van der Waals surface area contributed by atoms with E-state index in [9.17, 15) is 13.6 Å². The molecule has 0 aliphatic carbocycles. The van der Waals surface area contributed by atoms with Crippen LogP contribution in [0, 0.1) is 11.6 Å². The third-order valence-electron chi connectivity index (χ3n) is 3.48. The molecule has 0 aliphatic rings. The molecule has 2 heterocycles. The number of amides is 1. The van der Waals surface area contributed by atoms with Crippen molar-refractivity contribution in [3.8, 4) is 0 Å². The maximum Gasteiger partial charge on any atom is 0.230 e. The number of aromatic nitrogens is 4. The number of nitrogens with one attached hydrogen (secondary N) is 1. The molecule has 0 saturated carbocycles. The van der Waals surface area contributed by atoms with Gasteiger partial charge >= 0.3 is 0 Å². The molecule has 0 fully saturated rings. The van der Waals surface area contributed by atoms with E-state index in [0.717, 1.165) is 4.88 Å². The summed E-state index contributed by atoms with van der Waals surface area (Å²) in [6, 6.07) is 7.63. The van der Waals surface area contributed by atoms with E-state index < -0.39 is 11.6 Å². The molecule has 10 heteroatoms. The van der Waals surface area contributed by atoms with Gasteiger partial charge in [-0.2, -0.15) is 0 Å². The smallest absolute Gasteiger partial charge is 0.230 e. The fourth-order valence-corrected chi connectivity index (χ4v) is 3.62. The number of tetrazole rings is 1. The highest BCUT2D eigenvalue weighted by atomic mass is 32.2. The molecule has 6 nitrogen and oxygen atoms in total. The van der Waals surface area contributed by atoms with Gasteiger partial charge in [-0.15, -0.1) is 16.4 Å². The van der Waals surface area contributed by atoms with Crippen molar-refractivity contribution < 1.29 is 13.6 Å². The Morgan fingerprint density at radius 2 is 2.04 bits per heavy atom. The molecule has 0 aliphatic heterocycles. The van der Waals surface area contributed by atoms with Crippen molar-refractivity contribution in [3.05, 3.63) is 57.8 Å². The van der Waals surface area contributed by atoms with Gasteiger partial charge in [0.05, 0.1) is 12.3 Å². The maximum atomic E-state index is 13.5. The summed E-state index contributed by atoms with van der Waals surface area (Å²) < 4.78 is 28.7. The second-order valence-electron chi connectivity index (χ2n) is 5.29. The van der Waals surface area contributed by atoms with Gasteiger partial charge in [-0.25, -0.2) is 13.5 Å². The largest absolute Gasteiger partial charge is 0.355 e. The Hall–Kier alpha value is -2.33. The van der Waals surface area contributed by atoms with Gasteiger partial charge in [0.25, 0.3) is 0 Å². The first kappa shape index (κ1) is 18.5. The lowest BCUT2D eigenvalue weighted by molar-refractivity contribution is -0.118. The van der Waals surface area contributed by atoms with Crippen LogP contribution in [0.4, 0.5) is 8.78 Å². The Kier molecular flexibility index (Phi) is 6.29. The molecule has 0 unspecified atom stereocenters. The predicted molar refractivity (Wildman–Crippen MR) is 95.0 cm³/mol. The van der Waals surface area contributed by atoms with E-state index >= 15 is 0 Å². The first-order valence-electron chi connectivity index (χ1n) is 7.74. The van der Waals surface area contributed by atoms with Gasteiger partial charge in [0.2, 0.25) is 11.1 Å². The number of thioether (sulfide) groups is 1. The summed E-state index contributed by atoms with van der Waals surface area (Å²) in [5, 5.41) is 16.6. The minimum Gasteiger partial charge on any atom is -0.355 e. The van der Waals surface area contributed by atoms with E-state index in [1.807, 2.05) is 17.5 Å². The Labute approximate surface area is 156 Å².